The van der Waals surface area contributed by atoms with E-state index in [-0.39, 0.29) is 0 Å². The van der Waals surface area contributed by atoms with Crippen LogP contribution in [0.2, 0.25) is 0 Å². The van der Waals surface area contributed by atoms with Gasteiger partial charge in [0.1, 0.15) is 12.4 Å². The van der Waals surface area contributed by atoms with E-state index in [1.165, 1.54) is 17.3 Å². The van der Waals surface area contributed by atoms with Crippen molar-refractivity contribution in [3.05, 3.63) is 54.2 Å². The van der Waals surface area contributed by atoms with Crippen LogP contribution in [0.3, 0.4) is 0 Å². The minimum absolute atomic E-state index is 0.293. The number of aliphatic hydroxyl groups is 1. The predicted molar refractivity (Wildman–Crippen MR) is 87.0 cm³/mol. The van der Waals surface area contributed by atoms with Gasteiger partial charge in [0.05, 0.1) is 11.1 Å². The molecule has 21 heavy (non-hydrogen) atoms. The standard InChI is InChI=1S/C17H21NO2S/c1-13(2)14-6-8-16(9-7-14)20-11-15(19)12-21-17-5-3-4-10-18-17/h3-10,13,15,19H,11-12H2,1-2H3/t15-/m0/s1. The van der Waals surface area contributed by atoms with E-state index in [4.69, 9.17) is 4.74 Å². The smallest absolute Gasteiger partial charge is 0.119 e. The third kappa shape index (κ3) is 5.40. The number of thioether (sulfide) groups is 1. The molecule has 0 aliphatic carbocycles. The third-order valence-corrected chi connectivity index (χ3v) is 4.14. The van der Waals surface area contributed by atoms with E-state index in [0.717, 1.165) is 10.8 Å². The molecular formula is C17H21NO2S. The van der Waals surface area contributed by atoms with Crippen LogP contribution in [0.15, 0.2) is 53.7 Å². The minimum Gasteiger partial charge on any atom is -0.491 e. The van der Waals surface area contributed by atoms with Gasteiger partial charge in [0.2, 0.25) is 0 Å². The Kier molecular flexibility index (Phi) is 6.08. The maximum absolute atomic E-state index is 9.94. The van der Waals surface area contributed by atoms with Crippen molar-refractivity contribution in [1.29, 1.82) is 0 Å². The van der Waals surface area contributed by atoms with E-state index in [1.54, 1.807) is 6.20 Å². The summed E-state index contributed by atoms with van der Waals surface area (Å²) in [5.41, 5.74) is 1.29. The molecule has 0 bridgehead atoms. The predicted octanol–water partition coefficient (Wildman–Crippen LogP) is 3.74. The first-order valence-electron chi connectivity index (χ1n) is 7.10. The molecule has 0 unspecified atom stereocenters. The Bertz CT molecular complexity index is 528. The van der Waals surface area contributed by atoms with Crippen molar-refractivity contribution >= 4 is 11.8 Å². The number of hydrogen-bond donors (Lipinski definition) is 1. The summed E-state index contributed by atoms with van der Waals surface area (Å²) in [7, 11) is 0. The molecule has 0 aliphatic heterocycles. The van der Waals surface area contributed by atoms with Crippen molar-refractivity contribution in [2.24, 2.45) is 0 Å². The van der Waals surface area contributed by atoms with Crippen molar-refractivity contribution in [2.45, 2.75) is 30.9 Å². The van der Waals surface area contributed by atoms with Crippen LogP contribution in [0.5, 0.6) is 5.75 Å². The van der Waals surface area contributed by atoms with Crippen LogP contribution in [0.4, 0.5) is 0 Å². The van der Waals surface area contributed by atoms with Crippen LogP contribution in [-0.4, -0.2) is 28.6 Å². The maximum atomic E-state index is 9.94. The second-order valence-electron chi connectivity index (χ2n) is 5.17. The Balaban J connectivity index is 1.74. The summed E-state index contributed by atoms with van der Waals surface area (Å²) in [6.07, 6.45) is 1.24. The fourth-order valence-electron chi connectivity index (χ4n) is 1.80. The summed E-state index contributed by atoms with van der Waals surface area (Å²) in [5.74, 6) is 1.88. The lowest BCUT2D eigenvalue weighted by Crippen LogP contribution is -2.20. The fourth-order valence-corrected chi connectivity index (χ4v) is 2.57. The number of aliphatic hydroxyl groups excluding tert-OH is 1. The Labute approximate surface area is 130 Å². The van der Waals surface area contributed by atoms with Crippen molar-refractivity contribution in [3.8, 4) is 5.75 Å². The Hall–Kier alpha value is -1.52. The first kappa shape index (κ1) is 15.9. The molecule has 2 aromatic rings. The highest BCUT2D eigenvalue weighted by atomic mass is 32.2. The van der Waals surface area contributed by atoms with Gasteiger partial charge in [-0.05, 0) is 35.7 Å². The van der Waals surface area contributed by atoms with Gasteiger partial charge >= 0.3 is 0 Å². The van der Waals surface area contributed by atoms with E-state index in [9.17, 15) is 5.11 Å². The van der Waals surface area contributed by atoms with Crippen molar-refractivity contribution in [1.82, 2.24) is 4.98 Å². The van der Waals surface area contributed by atoms with E-state index in [0.29, 0.717) is 18.3 Å². The quantitative estimate of drug-likeness (QED) is 0.791. The van der Waals surface area contributed by atoms with Crippen LogP contribution in [0.1, 0.15) is 25.3 Å². The van der Waals surface area contributed by atoms with Gasteiger partial charge in [0, 0.05) is 11.9 Å². The van der Waals surface area contributed by atoms with Gasteiger partial charge < -0.3 is 9.84 Å². The molecular weight excluding hydrogens is 282 g/mol. The van der Waals surface area contributed by atoms with Crippen LogP contribution in [0.25, 0.3) is 0 Å². The lowest BCUT2D eigenvalue weighted by Gasteiger charge is -2.12. The number of rotatable bonds is 7. The van der Waals surface area contributed by atoms with Crippen LogP contribution in [-0.2, 0) is 0 Å². The van der Waals surface area contributed by atoms with Gasteiger partial charge in [-0.3, -0.25) is 0 Å². The average molecular weight is 303 g/mol. The zero-order valence-corrected chi connectivity index (χ0v) is 13.2. The molecule has 2 rings (SSSR count). The van der Waals surface area contributed by atoms with Crippen LogP contribution >= 0.6 is 11.8 Å². The molecule has 0 amide bonds. The van der Waals surface area contributed by atoms with Crippen molar-refractivity contribution in [2.75, 3.05) is 12.4 Å². The number of aromatic nitrogens is 1. The summed E-state index contributed by atoms with van der Waals surface area (Å²) in [6, 6.07) is 13.8. The molecule has 1 heterocycles. The third-order valence-electron chi connectivity index (χ3n) is 3.05. The number of hydrogen-bond acceptors (Lipinski definition) is 4. The Morgan fingerprint density at radius 2 is 1.90 bits per heavy atom. The van der Waals surface area contributed by atoms with Gasteiger partial charge in [-0.1, -0.05) is 32.0 Å². The molecule has 3 nitrogen and oxygen atoms in total. The molecule has 112 valence electrons. The lowest BCUT2D eigenvalue weighted by molar-refractivity contribution is 0.126. The summed E-state index contributed by atoms with van der Waals surface area (Å²) in [5, 5.41) is 10.9. The monoisotopic (exact) mass is 303 g/mol. The molecule has 0 fully saturated rings. The van der Waals surface area contributed by atoms with Gasteiger partial charge in [-0.25, -0.2) is 4.98 Å². The molecule has 1 N–H and O–H groups in total. The van der Waals surface area contributed by atoms with Crippen LogP contribution in [0, 0.1) is 0 Å². The highest BCUT2D eigenvalue weighted by molar-refractivity contribution is 7.99. The molecule has 0 saturated heterocycles. The highest BCUT2D eigenvalue weighted by Gasteiger charge is 2.07. The molecule has 4 heteroatoms. The number of ether oxygens (including phenoxy) is 1. The molecule has 1 aromatic carbocycles. The first-order valence-corrected chi connectivity index (χ1v) is 8.08. The first-order chi connectivity index (χ1) is 10.1. The normalized spacial score (nSPS) is 12.4. The molecule has 1 atom stereocenters. The number of pyridine rings is 1. The summed E-state index contributed by atoms with van der Waals surface area (Å²) >= 11 is 1.53. The summed E-state index contributed by atoms with van der Waals surface area (Å²) in [6.45, 7) is 4.61. The van der Waals surface area contributed by atoms with Gasteiger partial charge in [0.25, 0.3) is 0 Å². The zero-order chi connectivity index (χ0) is 15.1. The molecule has 0 saturated carbocycles. The number of benzene rings is 1. The topological polar surface area (TPSA) is 42.4 Å². The average Bonchev–Trinajstić information content (AvgIpc) is 2.52. The van der Waals surface area contributed by atoms with Gasteiger partial charge in [-0.2, -0.15) is 0 Å². The minimum atomic E-state index is -0.512. The zero-order valence-electron chi connectivity index (χ0n) is 12.4. The summed E-state index contributed by atoms with van der Waals surface area (Å²) < 4.78 is 5.61. The van der Waals surface area contributed by atoms with E-state index < -0.39 is 6.10 Å². The Morgan fingerprint density at radius 3 is 2.52 bits per heavy atom. The maximum Gasteiger partial charge on any atom is 0.119 e. The van der Waals surface area contributed by atoms with Gasteiger partial charge in [0.15, 0.2) is 0 Å². The summed E-state index contributed by atoms with van der Waals surface area (Å²) in [4.78, 5) is 4.21. The van der Waals surface area contributed by atoms with Crippen LogP contribution < -0.4 is 4.74 Å². The Morgan fingerprint density at radius 1 is 1.14 bits per heavy atom. The molecule has 0 radical (unpaired) electrons. The fraction of sp³-hybridized carbons (Fsp3) is 0.353. The van der Waals surface area contributed by atoms with E-state index in [2.05, 4.69) is 31.0 Å². The largest absolute Gasteiger partial charge is 0.491 e. The van der Waals surface area contributed by atoms with E-state index >= 15 is 0 Å². The second-order valence-corrected chi connectivity index (χ2v) is 6.21. The molecule has 1 aromatic heterocycles. The molecule has 0 aliphatic rings. The van der Waals surface area contributed by atoms with E-state index in [1.807, 2.05) is 30.3 Å². The van der Waals surface area contributed by atoms with Crippen molar-refractivity contribution in [3.63, 3.8) is 0 Å². The molecule has 0 spiro atoms. The van der Waals surface area contributed by atoms with Gasteiger partial charge in [-0.15, -0.1) is 11.8 Å². The number of nitrogens with zero attached hydrogens (tertiary/aromatic N) is 1. The van der Waals surface area contributed by atoms with Crippen molar-refractivity contribution < 1.29 is 9.84 Å². The lowest BCUT2D eigenvalue weighted by atomic mass is 10.0. The SMILES string of the molecule is CC(C)c1ccc(OC[C@H](O)CSc2ccccn2)cc1. The second kappa shape index (κ2) is 8.05. The highest BCUT2D eigenvalue weighted by Crippen LogP contribution is 2.19.